The average Bonchev–Trinajstić information content (AvgIpc) is 2.24. The second-order valence-corrected chi connectivity index (χ2v) is 4.22. The van der Waals surface area contributed by atoms with Crippen LogP contribution in [0.25, 0.3) is 0 Å². The Balaban J connectivity index is 2.03. The Morgan fingerprint density at radius 2 is 1.93 bits per heavy atom. The lowest BCUT2D eigenvalue weighted by atomic mass is 10.1. The lowest BCUT2D eigenvalue weighted by Gasteiger charge is -2.26. The molecule has 1 aromatic carbocycles. The summed E-state index contributed by atoms with van der Waals surface area (Å²) in [4.78, 5) is 2.38. The average molecular weight is 206 g/mol. The van der Waals surface area contributed by atoms with Crippen LogP contribution in [0, 0.1) is 0 Å². The van der Waals surface area contributed by atoms with Crippen LogP contribution in [0.1, 0.15) is 24.8 Å². The summed E-state index contributed by atoms with van der Waals surface area (Å²) in [5.74, 6) is 0.320. The maximum Gasteiger partial charge on any atom is 0.122 e. The molecule has 0 amide bonds. The minimum atomic E-state index is 0.320. The van der Waals surface area contributed by atoms with Gasteiger partial charge in [-0.05, 0) is 32.0 Å². The van der Waals surface area contributed by atoms with Crippen LogP contribution in [0.4, 0.5) is 5.69 Å². The van der Waals surface area contributed by atoms with E-state index in [4.69, 9.17) is 5.73 Å². The molecule has 3 heteroatoms. The molecule has 1 heterocycles. The Bertz CT molecular complexity index is 332. The number of likely N-dealkylation sites (tertiary alicyclic amines) is 1. The molecule has 1 aliphatic rings. The summed E-state index contributed by atoms with van der Waals surface area (Å²) in [6.07, 6.45) is 3.88. The summed E-state index contributed by atoms with van der Waals surface area (Å²) in [5.41, 5.74) is 7.19. The first-order chi connectivity index (χ1) is 7.25. The molecule has 0 unspecified atom stereocenters. The van der Waals surface area contributed by atoms with Gasteiger partial charge >= 0.3 is 0 Å². The quantitative estimate of drug-likeness (QED) is 0.727. The van der Waals surface area contributed by atoms with Gasteiger partial charge in [-0.3, -0.25) is 4.90 Å². The Morgan fingerprint density at radius 1 is 1.20 bits per heavy atom. The van der Waals surface area contributed by atoms with E-state index in [1.807, 2.05) is 12.1 Å². The number of nitrogens with zero attached hydrogens (tertiary/aromatic N) is 1. The van der Waals surface area contributed by atoms with E-state index >= 15 is 0 Å². The lowest BCUT2D eigenvalue weighted by molar-refractivity contribution is 0.218. The number of nitrogens with two attached hydrogens (primary N) is 1. The fourth-order valence-corrected chi connectivity index (χ4v) is 2.07. The topological polar surface area (TPSA) is 49.5 Å². The molecule has 1 aromatic rings. The Kier molecular flexibility index (Phi) is 3.11. The van der Waals surface area contributed by atoms with Gasteiger partial charge in [0.1, 0.15) is 5.75 Å². The number of nitrogen functional groups attached to an aromatic ring is 1. The third-order valence-electron chi connectivity index (χ3n) is 2.95. The monoisotopic (exact) mass is 206 g/mol. The number of benzene rings is 1. The zero-order chi connectivity index (χ0) is 10.7. The van der Waals surface area contributed by atoms with Crippen LogP contribution in [0.5, 0.6) is 5.75 Å². The van der Waals surface area contributed by atoms with Crippen molar-refractivity contribution in [1.29, 1.82) is 0 Å². The van der Waals surface area contributed by atoms with E-state index in [-0.39, 0.29) is 0 Å². The molecule has 2 rings (SSSR count). The fraction of sp³-hybridized carbons (Fsp3) is 0.500. The summed E-state index contributed by atoms with van der Waals surface area (Å²) in [5, 5.41) is 9.72. The number of aromatic hydroxyl groups is 1. The summed E-state index contributed by atoms with van der Waals surface area (Å²) < 4.78 is 0. The highest BCUT2D eigenvalue weighted by molar-refractivity contribution is 5.47. The van der Waals surface area contributed by atoms with Gasteiger partial charge in [0, 0.05) is 23.9 Å². The van der Waals surface area contributed by atoms with Gasteiger partial charge in [0.05, 0.1) is 0 Å². The standard InChI is InChI=1S/C12H18N2O/c13-11-5-4-10(12(15)8-11)9-14-6-2-1-3-7-14/h4-5,8,15H,1-3,6-7,9,13H2. The SMILES string of the molecule is Nc1ccc(CN2CCCCC2)c(O)c1. The van der Waals surface area contributed by atoms with Crippen LogP contribution in [-0.2, 0) is 6.54 Å². The van der Waals surface area contributed by atoms with E-state index in [2.05, 4.69) is 4.90 Å². The highest BCUT2D eigenvalue weighted by Gasteiger charge is 2.12. The van der Waals surface area contributed by atoms with Crippen molar-refractivity contribution in [2.45, 2.75) is 25.8 Å². The lowest BCUT2D eigenvalue weighted by Crippen LogP contribution is -2.29. The largest absolute Gasteiger partial charge is 0.508 e. The van der Waals surface area contributed by atoms with Crippen molar-refractivity contribution in [3.63, 3.8) is 0 Å². The first kappa shape index (κ1) is 10.3. The molecule has 15 heavy (non-hydrogen) atoms. The molecule has 3 N–H and O–H groups in total. The third kappa shape index (κ3) is 2.63. The van der Waals surface area contributed by atoms with E-state index in [0.29, 0.717) is 11.4 Å². The van der Waals surface area contributed by atoms with Crippen molar-refractivity contribution in [2.24, 2.45) is 0 Å². The van der Waals surface area contributed by atoms with Crippen molar-refractivity contribution in [3.05, 3.63) is 23.8 Å². The van der Waals surface area contributed by atoms with Crippen LogP contribution in [0.3, 0.4) is 0 Å². The number of rotatable bonds is 2. The molecule has 0 aromatic heterocycles. The van der Waals surface area contributed by atoms with Gasteiger partial charge in [-0.1, -0.05) is 12.5 Å². The predicted octanol–water partition coefficient (Wildman–Crippen LogP) is 1.96. The number of hydrogen-bond acceptors (Lipinski definition) is 3. The number of anilines is 1. The van der Waals surface area contributed by atoms with E-state index in [1.165, 1.54) is 19.3 Å². The molecule has 0 aliphatic carbocycles. The van der Waals surface area contributed by atoms with Crippen molar-refractivity contribution < 1.29 is 5.11 Å². The molecular formula is C12H18N2O. The molecule has 1 fully saturated rings. The highest BCUT2D eigenvalue weighted by Crippen LogP contribution is 2.22. The zero-order valence-electron chi connectivity index (χ0n) is 8.95. The number of phenols is 1. The summed E-state index contributed by atoms with van der Waals surface area (Å²) >= 11 is 0. The van der Waals surface area contributed by atoms with Crippen LogP contribution in [-0.4, -0.2) is 23.1 Å². The van der Waals surface area contributed by atoms with Crippen LogP contribution < -0.4 is 5.73 Å². The van der Waals surface area contributed by atoms with Crippen molar-refractivity contribution in [2.75, 3.05) is 18.8 Å². The summed E-state index contributed by atoms with van der Waals surface area (Å²) in [6, 6.07) is 5.39. The van der Waals surface area contributed by atoms with Gasteiger partial charge in [-0.25, -0.2) is 0 Å². The molecule has 82 valence electrons. The number of hydrogen-bond donors (Lipinski definition) is 2. The zero-order valence-corrected chi connectivity index (χ0v) is 8.95. The van der Waals surface area contributed by atoms with Gasteiger partial charge in [0.25, 0.3) is 0 Å². The number of phenolic OH excluding ortho intramolecular Hbond substituents is 1. The first-order valence-corrected chi connectivity index (χ1v) is 5.55. The Morgan fingerprint density at radius 3 is 2.60 bits per heavy atom. The summed E-state index contributed by atoms with van der Waals surface area (Å²) in [7, 11) is 0. The normalized spacial score (nSPS) is 17.9. The van der Waals surface area contributed by atoms with Crippen molar-refractivity contribution in [3.8, 4) is 5.75 Å². The van der Waals surface area contributed by atoms with Gasteiger partial charge in [0.2, 0.25) is 0 Å². The van der Waals surface area contributed by atoms with Crippen LogP contribution >= 0.6 is 0 Å². The first-order valence-electron chi connectivity index (χ1n) is 5.55. The second-order valence-electron chi connectivity index (χ2n) is 4.22. The molecule has 1 aliphatic heterocycles. The minimum Gasteiger partial charge on any atom is -0.508 e. The van der Waals surface area contributed by atoms with Crippen LogP contribution in [0.2, 0.25) is 0 Å². The molecule has 0 atom stereocenters. The van der Waals surface area contributed by atoms with Gasteiger partial charge in [-0.15, -0.1) is 0 Å². The molecule has 3 nitrogen and oxygen atoms in total. The third-order valence-corrected chi connectivity index (χ3v) is 2.95. The molecular weight excluding hydrogens is 188 g/mol. The predicted molar refractivity (Wildman–Crippen MR) is 61.6 cm³/mol. The molecule has 1 saturated heterocycles. The summed E-state index contributed by atoms with van der Waals surface area (Å²) in [6.45, 7) is 3.12. The van der Waals surface area contributed by atoms with Crippen LogP contribution in [0.15, 0.2) is 18.2 Å². The second kappa shape index (κ2) is 4.53. The molecule has 0 saturated carbocycles. The molecule has 0 radical (unpaired) electrons. The van der Waals surface area contributed by atoms with Gasteiger partial charge < -0.3 is 10.8 Å². The minimum absolute atomic E-state index is 0.320. The Labute approximate surface area is 90.5 Å². The van der Waals surface area contributed by atoms with E-state index < -0.39 is 0 Å². The van der Waals surface area contributed by atoms with Crippen molar-refractivity contribution >= 4 is 5.69 Å². The van der Waals surface area contributed by atoms with E-state index in [9.17, 15) is 5.11 Å². The van der Waals surface area contributed by atoms with Gasteiger partial charge in [-0.2, -0.15) is 0 Å². The van der Waals surface area contributed by atoms with Crippen molar-refractivity contribution in [1.82, 2.24) is 4.90 Å². The number of piperidine rings is 1. The maximum absolute atomic E-state index is 9.72. The maximum atomic E-state index is 9.72. The Hall–Kier alpha value is -1.22. The smallest absolute Gasteiger partial charge is 0.122 e. The highest BCUT2D eigenvalue weighted by atomic mass is 16.3. The molecule has 0 bridgehead atoms. The van der Waals surface area contributed by atoms with Gasteiger partial charge in [0.15, 0.2) is 0 Å². The fourth-order valence-electron chi connectivity index (χ4n) is 2.07. The van der Waals surface area contributed by atoms with E-state index in [0.717, 1.165) is 25.2 Å². The van der Waals surface area contributed by atoms with E-state index in [1.54, 1.807) is 6.07 Å². The molecule has 0 spiro atoms.